The van der Waals surface area contributed by atoms with Crippen LogP contribution in [0.1, 0.15) is 120 Å². The molecule has 3 rings (SSSR count). The summed E-state index contributed by atoms with van der Waals surface area (Å²) < 4.78 is 35.1. The van der Waals surface area contributed by atoms with Crippen LogP contribution in [0.2, 0.25) is 0 Å². The lowest BCUT2D eigenvalue weighted by Gasteiger charge is -2.46. The molecule has 7 heteroatoms. The molecule has 0 aliphatic carbocycles. The van der Waals surface area contributed by atoms with Crippen LogP contribution in [0.5, 0.6) is 0 Å². The molecule has 1 aromatic carbocycles. The highest BCUT2D eigenvalue weighted by molar-refractivity contribution is 5.33. The summed E-state index contributed by atoms with van der Waals surface area (Å²) in [5, 5.41) is 5.09. The van der Waals surface area contributed by atoms with Crippen LogP contribution in [0.15, 0.2) is 24.3 Å². The molecule has 0 bridgehead atoms. The van der Waals surface area contributed by atoms with E-state index in [1.807, 2.05) is 0 Å². The Morgan fingerprint density at radius 3 is 1.81 bits per heavy atom. The Hall–Kier alpha value is -1.77. The van der Waals surface area contributed by atoms with Crippen molar-refractivity contribution in [2.75, 3.05) is 33.0 Å². The van der Waals surface area contributed by atoms with Crippen molar-refractivity contribution < 1.29 is 23.7 Å². The highest BCUT2D eigenvalue weighted by Crippen LogP contribution is 2.36. The molecular formula is C36H60N2O5. The van der Waals surface area contributed by atoms with Gasteiger partial charge in [-0.05, 0) is 57.1 Å². The summed E-state index contributed by atoms with van der Waals surface area (Å²) in [6.07, 6.45) is 8.52. The number of unbranched alkanes of at least 4 members (excludes halogenated alkanes) is 4. The van der Waals surface area contributed by atoms with Gasteiger partial charge in [0.25, 0.3) is 0 Å². The fourth-order valence-corrected chi connectivity index (χ4v) is 5.63. The second-order valence-corrected chi connectivity index (χ2v) is 12.0. The van der Waals surface area contributed by atoms with Crippen molar-refractivity contribution in [2.24, 2.45) is 0 Å². The quantitative estimate of drug-likeness (QED) is 0.136. The molecule has 5 atom stereocenters. The van der Waals surface area contributed by atoms with E-state index in [0.717, 1.165) is 75.6 Å². The summed E-state index contributed by atoms with van der Waals surface area (Å²) in [4.78, 5) is 0. The number of nitrogens with zero attached hydrogens (tertiary/aromatic N) is 2. The molecule has 0 saturated carbocycles. The second kappa shape index (κ2) is 19.6. The minimum atomic E-state index is -0.441. The normalized spacial score (nSPS) is 22.3. The first-order valence-electron chi connectivity index (χ1n) is 17.2. The van der Waals surface area contributed by atoms with E-state index in [1.165, 1.54) is 16.7 Å². The van der Waals surface area contributed by atoms with Crippen molar-refractivity contribution in [3.8, 4) is 0 Å². The maximum Gasteiger partial charge on any atom is 0.179 e. The summed E-state index contributed by atoms with van der Waals surface area (Å²) in [6, 6.07) is 8.93. The van der Waals surface area contributed by atoms with E-state index >= 15 is 0 Å². The van der Waals surface area contributed by atoms with E-state index in [1.54, 1.807) is 0 Å². The van der Waals surface area contributed by atoms with E-state index < -0.39 is 6.23 Å². The molecule has 0 spiro atoms. The maximum atomic E-state index is 6.95. The van der Waals surface area contributed by atoms with Crippen molar-refractivity contribution >= 4 is 0 Å². The third-order valence-corrected chi connectivity index (χ3v) is 8.49. The van der Waals surface area contributed by atoms with Gasteiger partial charge in [-0.3, -0.25) is 0 Å². The number of aryl methyl sites for hydroxylation is 2. The van der Waals surface area contributed by atoms with E-state index in [9.17, 15) is 0 Å². The van der Waals surface area contributed by atoms with Crippen LogP contribution < -0.4 is 0 Å². The van der Waals surface area contributed by atoms with Gasteiger partial charge in [0.05, 0.1) is 12.3 Å². The van der Waals surface area contributed by atoms with E-state index in [4.69, 9.17) is 28.8 Å². The summed E-state index contributed by atoms with van der Waals surface area (Å²) in [5.74, 6) is 0. The van der Waals surface area contributed by atoms with Gasteiger partial charge in [-0.15, -0.1) is 0 Å². The Bertz CT molecular complexity index is 1020. The third kappa shape index (κ3) is 10.4. The first kappa shape index (κ1) is 35.7. The molecule has 2 aromatic rings. The molecule has 7 nitrogen and oxygen atoms in total. The molecule has 3 unspecified atom stereocenters. The van der Waals surface area contributed by atoms with Crippen LogP contribution in [0.4, 0.5) is 0 Å². The zero-order chi connectivity index (χ0) is 31.0. The number of aromatic nitrogens is 2. The molecule has 43 heavy (non-hydrogen) atoms. The smallest absolute Gasteiger partial charge is 0.179 e. The first-order chi connectivity index (χ1) is 21.0. The van der Waals surface area contributed by atoms with Crippen LogP contribution >= 0.6 is 0 Å². The number of hydrogen-bond acceptors (Lipinski definition) is 6. The molecule has 1 aromatic heterocycles. The Morgan fingerprint density at radius 1 is 0.698 bits per heavy atom. The number of hydrogen-bond donors (Lipinski definition) is 0. The fraction of sp³-hybridized carbons (Fsp3) is 0.750. The fourth-order valence-electron chi connectivity index (χ4n) is 5.63. The number of benzene rings is 1. The summed E-state index contributed by atoms with van der Waals surface area (Å²) in [5.41, 5.74) is 6.01. The highest BCUT2D eigenvalue weighted by atomic mass is 16.6. The molecule has 0 N–H and O–H groups in total. The second-order valence-electron chi connectivity index (χ2n) is 12.0. The molecule has 1 aliphatic heterocycles. The number of rotatable bonds is 21. The minimum absolute atomic E-state index is 0.276. The maximum absolute atomic E-state index is 6.95. The molecule has 0 radical (unpaired) electrons. The van der Waals surface area contributed by atoms with Gasteiger partial charge < -0.3 is 23.7 Å². The van der Waals surface area contributed by atoms with Gasteiger partial charge in [0, 0.05) is 44.1 Å². The molecule has 1 aliphatic rings. The molecule has 0 amide bonds. The lowest BCUT2D eigenvalue weighted by molar-refractivity contribution is -0.286. The lowest BCUT2D eigenvalue weighted by atomic mass is 9.96. The summed E-state index contributed by atoms with van der Waals surface area (Å²) in [6.45, 7) is 18.3. The average Bonchev–Trinajstić information content (AvgIpc) is 3.29. The van der Waals surface area contributed by atoms with Crippen molar-refractivity contribution in [1.29, 1.82) is 0 Å². The molecule has 244 valence electrons. The zero-order valence-corrected chi connectivity index (χ0v) is 28.2. The van der Waals surface area contributed by atoms with Gasteiger partial charge in [-0.2, -0.15) is 5.10 Å². The van der Waals surface area contributed by atoms with Gasteiger partial charge in [-0.25, -0.2) is 4.68 Å². The standard InChI is InChI=1S/C36H60N2O5/c1-8-13-21-39-26-32-33(40-22-14-9-2)34(41-23-15-10-3)35(42-24-16-11-4)36(43-32)38-28(7)31(27(6)37-38)25-30-19-17-29(12-5)18-20-30/h17-20,32-36H,8-16,21-26H2,1-7H3/t32?,33-,34?,35-,36?/m1/s1. The van der Waals surface area contributed by atoms with Gasteiger partial charge in [0.15, 0.2) is 6.23 Å². The van der Waals surface area contributed by atoms with Gasteiger partial charge in [0.1, 0.15) is 24.4 Å². The van der Waals surface area contributed by atoms with Crippen molar-refractivity contribution in [2.45, 2.75) is 143 Å². The Kier molecular flexibility index (Phi) is 16.3. The minimum Gasteiger partial charge on any atom is -0.379 e. The van der Waals surface area contributed by atoms with Crippen LogP contribution in [-0.2, 0) is 36.5 Å². The van der Waals surface area contributed by atoms with E-state index in [0.29, 0.717) is 33.0 Å². The molecule has 1 saturated heterocycles. The van der Waals surface area contributed by atoms with E-state index in [2.05, 4.69) is 77.4 Å². The van der Waals surface area contributed by atoms with Crippen LogP contribution in [0.3, 0.4) is 0 Å². The predicted molar refractivity (Wildman–Crippen MR) is 174 cm³/mol. The van der Waals surface area contributed by atoms with Gasteiger partial charge >= 0.3 is 0 Å². The Balaban J connectivity index is 1.99. The first-order valence-corrected chi connectivity index (χ1v) is 17.2. The van der Waals surface area contributed by atoms with Crippen molar-refractivity contribution in [3.05, 3.63) is 52.3 Å². The Morgan fingerprint density at radius 2 is 1.23 bits per heavy atom. The van der Waals surface area contributed by atoms with Crippen LogP contribution in [-0.4, -0.2) is 67.2 Å². The largest absolute Gasteiger partial charge is 0.379 e. The molecule has 2 heterocycles. The lowest BCUT2D eigenvalue weighted by Crippen LogP contribution is -2.60. The van der Waals surface area contributed by atoms with Crippen LogP contribution in [0.25, 0.3) is 0 Å². The third-order valence-electron chi connectivity index (χ3n) is 8.49. The van der Waals surface area contributed by atoms with E-state index in [-0.39, 0.29) is 24.4 Å². The summed E-state index contributed by atoms with van der Waals surface area (Å²) >= 11 is 0. The van der Waals surface area contributed by atoms with Crippen LogP contribution in [0, 0.1) is 13.8 Å². The SMILES string of the molecule is CCCCOCC1OC(n2nc(C)c(Cc3ccc(CC)cc3)c2C)[C@H](OCCCC)C(OCCCC)[C@@H]1OCCCC. The predicted octanol–water partition coefficient (Wildman–Crippen LogP) is 7.92. The van der Waals surface area contributed by atoms with Gasteiger partial charge in [0.2, 0.25) is 0 Å². The molecule has 1 fully saturated rings. The topological polar surface area (TPSA) is 64.0 Å². The van der Waals surface area contributed by atoms with Crippen molar-refractivity contribution in [1.82, 2.24) is 9.78 Å². The monoisotopic (exact) mass is 600 g/mol. The summed E-state index contributed by atoms with van der Waals surface area (Å²) in [7, 11) is 0. The van der Waals surface area contributed by atoms with Crippen molar-refractivity contribution in [3.63, 3.8) is 0 Å². The molecular weight excluding hydrogens is 540 g/mol. The zero-order valence-electron chi connectivity index (χ0n) is 28.2. The number of ether oxygens (including phenoxy) is 5. The average molecular weight is 601 g/mol. The Labute approximate surface area is 262 Å². The van der Waals surface area contributed by atoms with Gasteiger partial charge in [-0.1, -0.05) is 84.6 Å². The highest BCUT2D eigenvalue weighted by Gasteiger charge is 2.49.